The van der Waals surface area contributed by atoms with Gasteiger partial charge in [0.15, 0.2) is 0 Å². The maximum atomic E-state index is 11.4. The van der Waals surface area contributed by atoms with E-state index in [0.717, 1.165) is 0 Å². The van der Waals surface area contributed by atoms with Crippen LogP contribution in [0.1, 0.15) is 12.2 Å². The molecule has 0 spiro atoms. The molecule has 0 aliphatic heterocycles. The SMILES string of the molecule is COCCN(CCC(=O)OC)c1cc(=O)[nH]c(C)n1. The fraction of sp³-hybridized carbons (Fsp3) is 0.583. The van der Waals surface area contributed by atoms with Gasteiger partial charge in [0, 0.05) is 26.3 Å². The van der Waals surface area contributed by atoms with Crippen LogP contribution in [0.2, 0.25) is 0 Å². The standard InChI is InChI=1S/C12H19N3O4/c1-9-13-10(8-11(16)14-9)15(6-7-18-2)5-4-12(17)19-3/h8H,4-7H2,1-3H3,(H,13,14,16). The number of hydrogen-bond acceptors (Lipinski definition) is 6. The number of anilines is 1. The monoisotopic (exact) mass is 269 g/mol. The van der Waals surface area contributed by atoms with Gasteiger partial charge in [-0.2, -0.15) is 0 Å². The molecule has 7 heteroatoms. The summed E-state index contributed by atoms with van der Waals surface area (Å²) >= 11 is 0. The highest BCUT2D eigenvalue weighted by Crippen LogP contribution is 2.08. The number of hydrogen-bond donors (Lipinski definition) is 1. The third kappa shape index (κ3) is 5.09. The molecule has 19 heavy (non-hydrogen) atoms. The minimum absolute atomic E-state index is 0.219. The summed E-state index contributed by atoms with van der Waals surface area (Å²) in [7, 11) is 2.94. The number of aromatic amines is 1. The van der Waals surface area contributed by atoms with E-state index in [1.807, 2.05) is 4.90 Å². The zero-order valence-corrected chi connectivity index (χ0v) is 11.4. The van der Waals surface area contributed by atoms with Gasteiger partial charge in [0.05, 0.1) is 20.1 Å². The van der Waals surface area contributed by atoms with Crippen molar-refractivity contribution in [3.05, 3.63) is 22.2 Å². The normalized spacial score (nSPS) is 10.3. The highest BCUT2D eigenvalue weighted by molar-refractivity contribution is 5.69. The van der Waals surface area contributed by atoms with Crippen LogP contribution in [0, 0.1) is 6.92 Å². The lowest BCUT2D eigenvalue weighted by Crippen LogP contribution is -2.32. The van der Waals surface area contributed by atoms with E-state index in [2.05, 4.69) is 14.7 Å². The lowest BCUT2D eigenvalue weighted by Gasteiger charge is -2.22. The van der Waals surface area contributed by atoms with Crippen molar-refractivity contribution < 1.29 is 14.3 Å². The molecule has 0 radical (unpaired) electrons. The minimum Gasteiger partial charge on any atom is -0.469 e. The van der Waals surface area contributed by atoms with Crippen molar-refractivity contribution in [1.29, 1.82) is 0 Å². The Balaban J connectivity index is 2.82. The number of aromatic nitrogens is 2. The molecule has 0 unspecified atom stereocenters. The van der Waals surface area contributed by atoms with Gasteiger partial charge in [0.25, 0.3) is 5.56 Å². The fourth-order valence-corrected chi connectivity index (χ4v) is 1.60. The summed E-state index contributed by atoms with van der Waals surface area (Å²) in [5, 5.41) is 0. The maximum absolute atomic E-state index is 11.4. The van der Waals surface area contributed by atoms with E-state index in [-0.39, 0.29) is 17.9 Å². The molecule has 1 N–H and O–H groups in total. The molecule has 0 atom stereocenters. The molecule has 0 aliphatic rings. The Morgan fingerprint density at radius 2 is 2.16 bits per heavy atom. The molecule has 1 rings (SSSR count). The van der Waals surface area contributed by atoms with Gasteiger partial charge in [-0.3, -0.25) is 9.59 Å². The number of rotatable bonds is 7. The van der Waals surface area contributed by atoms with E-state index in [1.54, 1.807) is 14.0 Å². The van der Waals surface area contributed by atoms with Crippen LogP contribution < -0.4 is 10.5 Å². The third-order valence-electron chi connectivity index (χ3n) is 2.55. The number of H-pyrrole nitrogens is 1. The quantitative estimate of drug-likeness (QED) is 0.706. The number of esters is 1. The highest BCUT2D eigenvalue weighted by atomic mass is 16.5. The second-order valence-electron chi connectivity index (χ2n) is 3.99. The molecule has 0 amide bonds. The number of carbonyl (C=O) groups is 1. The van der Waals surface area contributed by atoms with Gasteiger partial charge in [-0.1, -0.05) is 0 Å². The third-order valence-corrected chi connectivity index (χ3v) is 2.55. The van der Waals surface area contributed by atoms with Gasteiger partial charge in [-0.05, 0) is 6.92 Å². The Bertz CT molecular complexity index is 472. The second kappa shape index (κ2) is 7.52. The van der Waals surface area contributed by atoms with Crippen molar-refractivity contribution >= 4 is 11.8 Å². The van der Waals surface area contributed by atoms with Crippen LogP contribution in [0.15, 0.2) is 10.9 Å². The van der Waals surface area contributed by atoms with Gasteiger partial charge < -0.3 is 19.4 Å². The Labute approximate surface area is 111 Å². The first-order valence-electron chi connectivity index (χ1n) is 5.95. The molecule has 0 saturated carbocycles. The molecule has 0 fully saturated rings. The molecule has 1 heterocycles. The average molecular weight is 269 g/mol. The summed E-state index contributed by atoms with van der Waals surface area (Å²) in [5.74, 6) is 0.758. The van der Waals surface area contributed by atoms with E-state index in [4.69, 9.17) is 4.74 Å². The molecule has 106 valence electrons. The van der Waals surface area contributed by atoms with Crippen LogP contribution in [0.4, 0.5) is 5.82 Å². The van der Waals surface area contributed by atoms with Crippen molar-refractivity contribution in [2.75, 3.05) is 38.8 Å². The summed E-state index contributed by atoms with van der Waals surface area (Å²) in [6, 6.07) is 1.40. The first kappa shape index (κ1) is 15.2. The van der Waals surface area contributed by atoms with Crippen LogP contribution in [0.3, 0.4) is 0 Å². The highest BCUT2D eigenvalue weighted by Gasteiger charge is 2.11. The Morgan fingerprint density at radius 1 is 1.42 bits per heavy atom. The summed E-state index contributed by atoms with van der Waals surface area (Å²) in [5.41, 5.74) is -0.219. The number of nitrogens with one attached hydrogen (secondary N) is 1. The lowest BCUT2D eigenvalue weighted by molar-refractivity contribution is -0.140. The molecular weight excluding hydrogens is 250 g/mol. The molecule has 0 saturated heterocycles. The molecule has 7 nitrogen and oxygen atoms in total. The second-order valence-corrected chi connectivity index (χ2v) is 3.99. The van der Waals surface area contributed by atoms with E-state index in [0.29, 0.717) is 31.3 Å². The van der Waals surface area contributed by atoms with Gasteiger partial charge >= 0.3 is 5.97 Å². The number of carbonyl (C=O) groups excluding carboxylic acids is 1. The van der Waals surface area contributed by atoms with Gasteiger partial charge in [0.2, 0.25) is 0 Å². The number of nitrogens with zero attached hydrogens (tertiary/aromatic N) is 2. The average Bonchev–Trinajstić information content (AvgIpc) is 2.37. The van der Waals surface area contributed by atoms with Crippen LogP contribution in [-0.4, -0.2) is 49.9 Å². The number of methoxy groups -OCH3 is 2. The number of aryl methyl sites for hydroxylation is 1. The zero-order chi connectivity index (χ0) is 14.3. The molecule has 0 aliphatic carbocycles. The smallest absolute Gasteiger partial charge is 0.307 e. The molecule has 1 aromatic heterocycles. The predicted octanol–water partition coefficient (Wildman–Crippen LogP) is 0.0942. The Morgan fingerprint density at radius 3 is 2.74 bits per heavy atom. The lowest BCUT2D eigenvalue weighted by atomic mass is 10.3. The van der Waals surface area contributed by atoms with Crippen molar-refractivity contribution in [2.24, 2.45) is 0 Å². The van der Waals surface area contributed by atoms with Crippen LogP contribution in [0.25, 0.3) is 0 Å². The van der Waals surface area contributed by atoms with Gasteiger partial charge in [0.1, 0.15) is 11.6 Å². The molecular formula is C12H19N3O4. The summed E-state index contributed by atoms with van der Waals surface area (Å²) in [6.45, 7) is 3.16. The van der Waals surface area contributed by atoms with E-state index < -0.39 is 0 Å². The number of ether oxygens (including phenoxy) is 2. The van der Waals surface area contributed by atoms with Gasteiger partial charge in [-0.15, -0.1) is 0 Å². The van der Waals surface area contributed by atoms with Crippen LogP contribution in [0.5, 0.6) is 0 Å². The molecule has 0 bridgehead atoms. The zero-order valence-electron chi connectivity index (χ0n) is 11.4. The Kier molecular flexibility index (Phi) is 6.01. The van der Waals surface area contributed by atoms with E-state index in [9.17, 15) is 9.59 Å². The Hall–Kier alpha value is -1.89. The first-order valence-corrected chi connectivity index (χ1v) is 5.95. The fourth-order valence-electron chi connectivity index (χ4n) is 1.60. The minimum atomic E-state index is -0.302. The molecule has 0 aromatic carbocycles. The van der Waals surface area contributed by atoms with Crippen molar-refractivity contribution in [3.8, 4) is 0 Å². The van der Waals surface area contributed by atoms with Crippen molar-refractivity contribution in [1.82, 2.24) is 9.97 Å². The van der Waals surface area contributed by atoms with E-state index in [1.165, 1.54) is 13.2 Å². The van der Waals surface area contributed by atoms with Crippen molar-refractivity contribution in [3.63, 3.8) is 0 Å². The summed E-state index contributed by atoms with van der Waals surface area (Å²) < 4.78 is 9.62. The topological polar surface area (TPSA) is 84.5 Å². The first-order chi connectivity index (χ1) is 9.06. The predicted molar refractivity (Wildman–Crippen MR) is 70.3 cm³/mol. The van der Waals surface area contributed by atoms with Crippen LogP contribution in [-0.2, 0) is 14.3 Å². The van der Waals surface area contributed by atoms with Crippen molar-refractivity contribution in [2.45, 2.75) is 13.3 Å². The van der Waals surface area contributed by atoms with Crippen LogP contribution >= 0.6 is 0 Å². The summed E-state index contributed by atoms with van der Waals surface area (Å²) in [6.07, 6.45) is 0.230. The molecule has 1 aromatic rings. The van der Waals surface area contributed by atoms with E-state index >= 15 is 0 Å². The summed E-state index contributed by atoms with van der Waals surface area (Å²) in [4.78, 5) is 31.3. The largest absolute Gasteiger partial charge is 0.469 e. The van der Waals surface area contributed by atoms with Gasteiger partial charge in [-0.25, -0.2) is 4.98 Å². The maximum Gasteiger partial charge on any atom is 0.307 e.